The molecule has 29 heavy (non-hydrogen) atoms. The van der Waals surface area contributed by atoms with Crippen molar-refractivity contribution < 1.29 is 28.8 Å². The first-order valence-electron chi connectivity index (χ1n) is 9.50. The zero-order chi connectivity index (χ0) is 21.4. The van der Waals surface area contributed by atoms with Gasteiger partial charge in [-0.2, -0.15) is 0 Å². The van der Waals surface area contributed by atoms with E-state index in [1.54, 1.807) is 20.8 Å². The number of amides is 1. The molecule has 0 radical (unpaired) electrons. The molecule has 0 bridgehead atoms. The highest BCUT2D eigenvalue weighted by Gasteiger charge is 2.27. The van der Waals surface area contributed by atoms with Gasteiger partial charge in [0.1, 0.15) is 16.4 Å². The number of hydrogen-bond donors (Lipinski definition) is 2. The molecule has 1 atom stereocenters. The first-order chi connectivity index (χ1) is 13.9. The summed E-state index contributed by atoms with van der Waals surface area (Å²) < 4.78 is 10.2. The van der Waals surface area contributed by atoms with Crippen LogP contribution in [0.1, 0.15) is 45.0 Å². The van der Waals surface area contributed by atoms with Crippen LogP contribution in [0.3, 0.4) is 0 Å². The summed E-state index contributed by atoms with van der Waals surface area (Å²) in [5, 5.41) is 3.08. The highest BCUT2D eigenvalue weighted by Crippen LogP contribution is 2.34. The Morgan fingerprint density at radius 1 is 1.03 bits per heavy atom. The van der Waals surface area contributed by atoms with E-state index in [0.717, 1.165) is 21.8 Å². The van der Waals surface area contributed by atoms with E-state index in [4.69, 9.17) is 9.47 Å². The number of thiophene rings is 1. The van der Waals surface area contributed by atoms with Gasteiger partial charge in [-0.25, -0.2) is 9.59 Å². The molecule has 1 aromatic carbocycles. The summed E-state index contributed by atoms with van der Waals surface area (Å²) in [6.07, 6.45) is 0. The van der Waals surface area contributed by atoms with Gasteiger partial charge in [0.25, 0.3) is 5.91 Å². The molecule has 1 aromatic heterocycles. The van der Waals surface area contributed by atoms with Gasteiger partial charge in [-0.1, -0.05) is 30.3 Å². The molecule has 8 heteroatoms. The maximum atomic E-state index is 12.6. The quantitative estimate of drug-likeness (QED) is 0.608. The average molecular weight is 420 g/mol. The van der Waals surface area contributed by atoms with Crippen molar-refractivity contribution in [2.24, 2.45) is 0 Å². The minimum atomic E-state index is -0.572. The third-order valence-corrected chi connectivity index (χ3v) is 5.34. The molecule has 2 aromatic rings. The maximum Gasteiger partial charge on any atom is 0.348 e. The second-order valence-corrected chi connectivity index (χ2v) is 7.57. The van der Waals surface area contributed by atoms with Gasteiger partial charge in [-0.05, 0) is 26.3 Å². The van der Waals surface area contributed by atoms with Crippen LogP contribution < -0.4 is 10.2 Å². The maximum absolute atomic E-state index is 12.6. The van der Waals surface area contributed by atoms with Crippen molar-refractivity contribution in [1.29, 1.82) is 0 Å². The Kier molecular flexibility index (Phi) is 8.35. The van der Waals surface area contributed by atoms with Gasteiger partial charge in [-0.3, -0.25) is 4.79 Å². The fraction of sp³-hybridized carbons (Fsp3) is 0.381. The van der Waals surface area contributed by atoms with Crippen molar-refractivity contribution in [2.45, 2.75) is 27.3 Å². The topological polar surface area (TPSA) is 86.1 Å². The second-order valence-electron chi connectivity index (χ2n) is 6.55. The van der Waals surface area contributed by atoms with E-state index in [9.17, 15) is 14.4 Å². The van der Waals surface area contributed by atoms with E-state index < -0.39 is 11.9 Å². The summed E-state index contributed by atoms with van der Waals surface area (Å²) in [7, 11) is 1.92. The van der Waals surface area contributed by atoms with Gasteiger partial charge < -0.3 is 19.7 Å². The molecule has 0 fully saturated rings. The normalized spacial score (nSPS) is 11.6. The largest absolute Gasteiger partial charge is 0.462 e. The summed E-state index contributed by atoms with van der Waals surface area (Å²) in [6.45, 7) is 6.38. The molecule has 1 amide bonds. The van der Waals surface area contributed by atoms with Gasteiger partial charge in [0.2, 0.25) is 0 Å². The van der Waals surface area contributed by atoms with E-state index in [2.05, 4.69) is 5.32 Å². The van der Waals surface area contributed by atoms with E-state index in [-0.39, 0.29) is 36.1 Å². The number of anilines is 1. The summed E-state index contributed by atoms with van der Waals surface area (Å²) in [5.41, 5.74) is 1.78. The molecule has 0 aliphatic heterocycles. The number of carbonyl (C=O) groups excluding carboxylic acids is 3. The smallest absolute Gasteiger partial charge is 0.348 e. The van der Waals surface area contributed by atoms with Gasteiger partial charge in [0.05, 0.1) is 25.8 Å². The van der Waals surface area contributed by atoms with Crippen LogP contribution in [0.4, 0.5) is 5.00 Å². The van der Waals surface area contributed by atoms with Gasteiger partial charge >= 0.3 is 11.9 Å². The predicted octanol–water partition coefficient (Wildman–Crippen LogP) is 2.06. The monoisotopic (exact) mass is 419 g/mol. The number of carbonyl (C=O) groups is 3. The van der Waals surface area contributed by atoms with E-state index in [1.165, 1.54) is 0 Å². The van der Waals surface area contributed by atoms with Gasteiger partial charge in [0.15, 0.2) is 6.54 Å². The van der Waals surface area contributed by atoms with E-state index in [1.807, 2.05) is 37.4 Å². The molecular formula is C21H27N2O5S+. The highest BCUT2D eigenvalue weighted by molar-refractivity contribution is 7.18. The van der Waals surface area contributed by atoms with Crippen LogP contribution in [-0.4, -0.2) is 44.7 Å². The molecule has 0 saturated carbocycles. The standard InChI is InChI=1S/C21H26N2O5S/c1-5-27-20(25)17-14(3)18(21(26)28-6-2)29-19(17)22-16(24)13-23(4)12-15-10-8-7-9-11-15/h7-11H,5-6,12-13H2,1-4H3,(H,22,24)/p+1. The minimum Gasteiger partial charge on any atom is -0.462 e. The van der Waals surface area contributed by atoms with Crippen LogP contribution in [0.25, 0.3) is 0 Å². The highest BCUT2D eigenvalue weighted by atomic mass is 32.1. The number of likely N-dealkylation sites (N-methyl/N-ethyl adjacent to an activating group) is 1. The van der Waals surface area contributed by atoms with Crippen LogP contribution in [0.15, 0.2) is 30.3 Å². The third kappa shape index (κ3) is 6.13. The molecule has 0 aliphatic rings. The number of hydrogen-bond acceptors (Lipinski definition) is 6. The van der Waals surface area contributed by atoms with Gasteiger partial charge in [0, 0.05) is 5.56 Å². The van der Waals surface area contributed by atoms with Crippen molar-refractivity contribution in [1.82, 2.24) is 0 Å². The lowest BCUT2D eigenvalue weighted by Crippen LogP contribution is -3.08. The molecule has 0 aliphatic carbocycles. The minimum absolute atomic E-state index is 0.195. The molecule has 2 rings (SSSR count). The van der Waals surface area contributed by atoms with Crippen LogP contribution in [-0.2, 0) is 20.8 Å². The van der Waals surface area contributed by atoms with Gasteiger partial charge in [-0.15, -0.1) is 11.3 Å². The molecule has 7 nitrogen and oxygen atoms in total. The second kappa shape index (κ2) is 10.7. The number of rotatable bonds is 9. The Balaban J connectivity index is 2.16. The van der Waals surface area contributed by atoms with Crippen molar-refractivity contribution in [3.63, 3.8) is 0 Å². The number of nitrogens with one attached hydrogen (secondary N) is 2. The lowest BCUT2D eigenvalue weighted by molar-refractivity contribution is -0.885. The zero-order valence-corrected chi connectivity index (χ0v) is 18.0. The number of quaternary nitrogens is 1. The molecular weight excluding hydrogens is 392 g/mol. The van der Waals surface area contributed by atoms with E-state index in [0.29, 0.717) is 17.1 Å². The molecule has 156 valence electrons. The van der Waals surface area contributed by atoms with Crippen molar-refractivity contribution >= 4 is 34.2 Å². The molecule has 1 unspecified atom stereocenters. The Morgan fingerprint density at radius 2 is 1.66 bits per heavy atom. The van der Waals surface area contributed by atoms with Crippen LogP contribution in [0.5, 0.6) is 0 Å². The lowest BCUT2D eigenvalue weighted by atomic mass is 10.1. The number of ether oxygens (including phenoxy) is 2. The van der Waals surface area contributed by atoms with Crippen LogP contribution in [0, 0.1) is 6.92 Å². The average Bonchev–Trinajstić information content (AvgIpc) is 2.98. The first-order valence-corrected chi connectivity index (χ1v) is 10.3. The summed E-state index contributed by atoms with van der Waals surface area (Å²) in [6, 6.07) is 9.88. The Hall–Kier alpha value is -2.71. The van der Waals surface area contributed by atoms with E-state index >= 15 is 0 Å². The van der Waals surface area contributed by atoms with Crippen LogP contribution in [0.2, 0.25) is 0 Å². The summed E-state index contributed by atoms with van der Waals surface area (Å²) in [4.78, 5) is 38.4. The predicted molar refractivity (Wildman–Crippen MR) is 111 cm³/mol. The van der Waals surface area contributed by atoms with Crippen molar-refractivity contribution in [3.8, 4) is 0 Å². The summed E-state index contributed by atoms with van der Waals surface area (Å²) in [5.74, 6) is -1.34. The lowest BCUT2D eigenvalue weighted by Gasteiger charge is -2.14. The number of benzene rings is 1. The molecule has 2 N–H and O–H groups in total. The fourth-order valence-electron chi connectivity index (χ4n) is 2.89. The molecule has 0 spiro atoms. The fourth-order valence-corrected chi connectivity index (χ4v) is 4.00. The third-order valence-electron chi connectivity index (χ3n) is 4.15. The van der Waals surface area contributed by atoms with Crippen molar-refractivity contribution in [3.05, 3.63) is 51.9 Å². The Bertz CT molecular complexity index is 863. The first kappa shape index (κ1) is 22.6. The Labute approximate surface area is 174 Å². The molecule has 0 saturated heterocycles. The van der Waals surface area contributed by atoms with Crippen molar-refractivity contribution in [2.75, 3.05) is 32.1 Å². The summed E-state index contributed by atoms with van der Waals surface area (Å²) >= 11 is 1.03. The SMILES string of the molecule is CCOC(=O)c1sc(NC(=O)C[NH+](C)Cc2ccccc2)c(C(=O)OCC)c1C. The van der Waals surface area contributed by atoms with Crippen LogP contribution >= 0.6 is 11.3 Å². The zero-order valence-electron chi connectivity index (χ0n) is 17.2. The Morgan fingerprint density at radius 3 is 2.28 bits per heavy atom. The number of esters is 2. The molecule has 1 heterocycles.